The first-order valence-corrected chi connectivity index (χ1v) is 6.30. The molecule has 0 bridgehead atoms. The Labute approximate surface area is 115 Å². The summed E-state index contributed by atoms with van der Waals surface area (Å²) in [6.07, 6.45) is 0.663. The molecule has 4 heteroatoms. The number of aromatic nitrogens is 1. The standard InChI is InChI=1S/C16H13NO3/c1-10-17-14-6-5-12(9-15(14)20-10)7-11-3-2-4-13(8-11)16(18)19/h2-6,8-9H,7H2,1H3,(H,18,19). The molecule has 0 aliphatic carbocycles. The Bertz CT molecular complexity index is 789. The van der Waals surface area contributed by atoms with Crippen LogP contribution in [0, 0.1) is 6.92 Å². The summed E-state index contributed by atoms with van der Waals surface area (Å²) in [5.74, 6) is -0.266. The van der Waals surface area contributed by atoms with Crippen molar-refractivity contribution in [3.8, 4) is 0 Å². The van der Waals surface area contributed by atoms with Gasteiger partial charge < -0.3 is 9.52 Å². The van der Waals surface area contributed by atoms with Gasteiger partial charge in [0, 0.05) is 6.92 Å². The number of carboxylic acid groups (broad SMARTS) is 1. The summed E-state index contributed by atoms with van der Waals surface area (Å²) in [5, 5.41) is 9.00. The van der Waals surface area contributed by atoms with E-state index in [9.17, 15) is 4.79 Å². The van der Waals surface area contributed by atoms with Gasteiger partial charge in [0.15, 0.2) is 11.5 Å². The van der Waals surface area contributed by atoms with Gasteiger partial charge in [0.25, 0.3) is 0 Å². The number of fused-ring (bicyclic) bond motifs is 1. The number of aryl methyl sites for hydroxylation is 1. The first kappa shape index (κ1) is 12.4. The number of benzene rings is 2. The molecule has 0 amide bonds. The summed E-state index contributed by atoms with van der Waals surface area (Å²) in [4.78, 5) is 15.2. The van der Waals surface area contributed by atoms with Crippen LogP contribution in [0.25, 0.3) is 11.1 Å². The van der Waals surface area contributed by atoms with E-state index in [1.54, 1.807) is 18.2 Å². The van der Waals surface area contributed by atoms with E-state index in [1.165, 1.54) is 0 Å². The number of nitrogens with zero attached hydrogens (tertiary/aromatic N) is 1. The Hall–Kier alpha value is -2.62. The molecule has 2 aromatic carbocycles. The van der Waals surface area contributed by atoms with Crippen LogP contribution in [-0.2, 0) is 6.42 Å². The van der Waals surface area contributed by atoms with Gasteiger partial charge in [-0.3, -0.25) is 0 Å². The monoisotopic (exact) mass is 267 g/mol. The van der Waals surface area contributed by atoms with Crippen molar-refractivity contribution in [3.63, 3.8) is 0 Å². The zero-order valence-electron chi connectivity index (χ0n) is 11.0. The molecule has 1 aromatic heterocycles. The van der Waals surface area contributed by atoms with Crippen molar-refractivity contribution in [2.24, 2.45) is 0 Å². The molecule has 0 fully saturated rings. The first-order chi connectivity index (χ1) is 9.61. The fourth-order valence-electron chi connectivity index (χ4n) is 2.24. The normalized spacial score (nSPS) is 10.8. The van der Waals surface area contributed by atoms with Crippen LogP contribution in [0.5, 0.6) is 0 Å². The molecule has 0 aliphatic rings. The second-order valence-electron chi connectivity index (χ2n) is 4.72. The second-order valence-corrected chi connectivity index (χ2v) is 4.72. The Kier molecular flexibility index (Phi) is 2.99. The molecule has 100 valence electrons. The van der Waals surface area contributed by atoms with Crippen LogP contribution in [0.3, 0.4) is 0 Å². The molecule has 0 radical (unpaired) electrons. The third-order valence-electron chi connectivity index (χ3n) is 3.14. The lowest BCUT2D eigenvalue weighted by Gasteiger charge is -2.03. The lowest BCUT2D eigenvalue weighted by atomic mass is 10.0. The van der Waals surface area contributed by atoms with Crippen LogP contribution in [0.4, 0.5) is 0 Å². The van der Waals surface area contributed by atoms with Crippen molar-refractivity contribution < 1.29 is 14.3 Å². The largest absolute Gasteiger partial charge is 0.478 e. The molecule has 3 rings (SSSR count). The van der Waals surface area contributed by atoms with Crippen LogP contribution in [0.2, 0.25) is 0 Å². The zero-order valence-corrected chi connectivity index (χ0v) is 11.0. The summed E-state index contributed by atoms with van der Waals surface area (Å²) >= 11 is 0. The molecule has 0 spiro atoms. The van der Waals surface area contributed by atoms with Gasteiger partial charge in [0.1, 0.15) is 5.52 Å². The van der Waals surface area contributed by atoms with Gasteiger partial charge >= 0.3 is 5.97 Å². The van der Waals surface area contributed by atoms with Gasteiger partial charge in [-0.1, -0.05) is 18.2 Å². The lowest BCUT2D eigenvalue weighted by Crippen LogP contribution is -1.97. The number of oxazole rings is 1. The van der Waals surface area contributed by atoms with Crippen LogP contribution in [0.15, 0.2) is 46.9 Å². The highest BCUT2D eigenvalue weighted by Gasteiger charge is 2.06. The summed E-state index contributed by atoms with van der Waals surface area (Å²) in [7, 11) is 0. The molecular weight excluding hydrogens is 254 g/mol. The van der Waals surface area contributed by atoms with Crippen molar-refractivity contribution in [1.82, 2.24) is 4.98 Å². The molecule has 1 heterocycles. The molecule has 1 N–H and O–H groups in total. The first-order valence-electron chi connectivity index (χ1n) is 6.30. The zero-order chi connectivity index (χ0) is 14.1. The quantitative estimate of drug-likeness (QED) is 0.789. The average molecular weight is 267 g/mol. The molecule has 0 atom stereocenters. The SMILES string of the molecule is Cc1nc2ccc(Cc3cccc(C(=O)O)c3)cc2o1. The number of carbonyl (C=O) groups is 1. The molecular formula is C16H13NO3. The Morgan fingerprint density at radius 2 is 2.00 bits per heavy atom. The maximum absolute atomic E-state index is 11.0. The topological polar surface area (TPSA) is 63.3 Å². The minimum Gasteiger partial charge on any atom is -0.478 e. The van der Waals surface area contributed by atoms with Gasteiger partial charge in [-0.15, -0.1) is 0 Å². The maximum Gasteiger partial charge on any atom is 0.335 e. The third kappa shape index (κ3) is 2.40. The smallest absolute Gasteiger partial charge is 0.335 e. The van der Waals surface area contributed by atoms with Crippen molar-refractivity contribution >= 4 is 17.1 Å². The highest BCUT2D eigenvalue weighted by Crippen LogP contribution is 2.19. The average Bonchev–Trinajstić information content (AvgIpc) is 2.78. The number of aromatic carboxylic acids is 1. The molecule has 0 aliphatic heterocycles. The minimum atomic E-state index is -0.909. The predicted molar refractivity (Wildman–Crippen MR) is 75.0 cm³/mol. The minimum absolute atomic E-state index is 0.305. The molecule has 0 unspecified atom stereocenters. The molecule has 3 aromatic rings. The van der Waals surface area contributed by atoms with E-state index >= 15 is 0 Å². The molecule has 0 saturated carbocycles. The van der Waals surface area contributed by atoms with Gasteiger partial charge in [-0.25, -0.2) is 9.78 Å². The van der Waals surface area contributed by atoms with Gasteiger partial charge in [0.05, 0.1) is 5.56 Å². The summed E-state index contributed by atoms with van der Waals surface area (Å²) in [6, 6.07) is 12.8. The van der Waals surface area contributed by atoms with Gasteiger partial charge in [-0.05, 0) is 41.8 Å². The van der Waals surface area contributed by atoms with Crippen molar-refractivity contribution in [2.75, 3.05) is 0 Å². The van der Waals surface area contributed by atoms with Crippen LogP contribution in [-0.4, -0.2) is 16.1 Å². The number of hydrogen-bond acceptors (Lipinski definition) is 3. The summed E-state index contributed by atoms with van der Waals surface area (Å²) in [5.41, 5.74) is 3.93. The van der Waals surface area contributed by atoms with E-state index < -0.39 is 5.97 Å². The summed E-state index contributed by atoms with van der Waals surface area (Å²) in [6.45, 7) is 1.82. The number of hydrogen-bond donors (Lipinski definition) is 1. The van der Waals surface area contributed by atoms with E-state index in [4.69, 9.17) is 9.52 Å². The molecule has 20 heavy (non-hydrogen) atoms. The van der Waals surface area contributed by atoms with Crippen LogP contribution < -0.4 is 0 Å². The highest BCUT2D eigenvalue weighted by atomic mass is 16.4. The van der Waals surface area contributed by atoms with Gasteiger partial charge in [0.2, 0.25) is 0 Å². The highest BCUT2D eigenvalue weighted by molar-refractivity contribution is 5.87. The Balaban J connectivity index is 1.92. The number of rotatable bonds is 3. The van der Waals surface area contributed by atoms with E-state index in [0.29, 0.717) is 17.9 Å². The van der Waals surface area contributed by atoms with Crippen LogP contribution >= 0.6 is 0 Å². The van der Waals surface area contributed by atoms with E-state index in [0.717, 1.165) is 22.2 Å². The fraction of sp³-hybridized carbons (Fsp3) is 0.125. The Morgan fingerprint density at radius 1 is 1.20 bits per heavy atom. The van der Waals surface area contributed by atoms with E-state index in [2.05, 4.69) is 4.98 Å². The van der Waals surface area contributed by atoms with Crippen molar-refractivity contribution in [3.05, 3.63) is 65.0 Å². The van der Waals surface area contributed by atoms with Crippen molar-refractivity contribution in [2.45, 2.75) is 13.3 Å². The van der Waals surface area contributed by atoms with E-state index in [1.807, 2.05) is 31.2 Å². The molecule has 0 saturated heterocycles. The summed E-state index contributed by atoms with van der Waals surface area (Å²) < 4.78 is 5.50. The van der Waals surface area contributed by atoms with E-state index in [-0.39, 0.29) is 0 Å². The molecule has 4 nitrogen and oxygen atoms in total. The third-order valence-corrected chi connectivity index (χ3v) is 3.14. The fourth-order valence-corrected chi connectivity index (χ4v) is 2.24. The lowest BCUT2D eigenvalue weighted by molar-refractivity contribution is 0.0696. The number of carboxylic acids is 1. The Morgan fingerprint density at radius 3 is 2.80 bits per heavy atom. The second kappa shape index (κ2) is 4.81. The predicted octanol–water partition coefficient (Wildman–Crippen LogP) is 3.43. The van der Waals surface area contributed by atoms with Gasteiger partial charge in [-0.2, -0.15) is 0 Å². The van der Waals surface area contributed by atoms with Crippen LogP contribution in [0.1, 0.15) is 27.4 Å². The maximum atomic E-state index is 11.0. The van der Waals surface area contributed by atoms with Crippen molar-refractivity contribution in [1.29, 1.82) is 0 Å².